The van der Waals surface area contributed by atoms with Crippen molar-refractivity contribution in [2.45, 2.75) is 26.8 Å². The number of rotatable bonds is 4. The van der Waals surface area contributed by atoms with Crippen LogP contribution >= 0.6 is 0 Å². The Hall–Kier alpha value is -1.74. The van der Waals surface area contributed by atoms with Gasteiger partial charge < -0.3 is 5.32 Å². The fraction of sp³-hybridized carbons (Fsp3) is 0.333. The fourth-order valence-corrected chi connectivity index (χ4v) is 1.85. The topological polar surface area (TPSA) is 37.8 Å². The van der Waals surface area contributed by atoms with Gasteiger partial charge in [-0.3, -0.25) is 0 Å². The molecule has 0 spiro atoms. The van der Waals surface area contributed by atoms with Gasteiger partial charge in [0.25, 0.3) is 0 Å². The van der Waals surface area contributed by atoms with Crippen molar-refractivity contribution in [3.05, 3.63) is 47.3 Å². The van der Waals surface area contributed by atoms with E-state index in [2.05, 4.69) is 46.5 Å². The van der Waals surface area contributed by atoms with Crippen LogP contribution in [0.2, 0.25) is 0 Å². The molecule has 1 aromatic heterocycles. The molecule has 18 heavy (non-hydrogen) atoms. The minimum atomic E-state index is 0.772. The summed E-state index contributed by atoms with van der Waals surface area (Å²) in [5.74, 6) is 0.800. The van der Waals surface area contributed by atoms with Gasteiger partial charge in [-0.15, -0.1) is 0 Å². The van der Waals surface area contributed by atoms with Crippen LogP contribution in [0.25, 0.3) is 11.4 Å². The maximum absolute atomic E-state index is 4.61. The first-order chi connectivity index (χ1) is 8.74. The molecule has 3 nitrogen and oxygen atoms in total. The number of aromatic nitrogens is 2. The monoisotopic (exact) mass is 241 g/mol. The van der Waals surface area contributed by atoms with E-state index in [-0.39, 0.29) is 0 Å². The molecule has 0 fully saturated rings. The first-order valence-electron chi connectivity index (χ1n) is 6.31. The van der Waals surface area contributed by atoms with E-state index in [9.17, 15) is 0 Å². The molecule has 0 radical (unpaired) electrons. The third-order valence-electron chi connectivity index (χ3n) is 3.04. The summed E-state index contributed by atoms with van der Waals surface area (Å²) in [6, 6.07) is 8.45. The summed E-state index contributed by atoms with van der Waals surface area (Å²) in [6.45, 7) is 4.97. The van der Waals surface area contributed by atoms with Crippen LogP contribution in [-0.2, 0) is 13.0 Å². The molecule has 0 aliphatic carbocycles. The van der Waals surface area contributed by atoms with E-state index in [0.29, 0.717) is 0 Å². The first kappa shape index (κ1) is 12.7. The molecule has 0 atom stereocenters. The zero-order valence-corrected chi connectivity index (χ0v) is 11.2. The third-order valence-corrected chi connectivity index (χ3v) is 3.04. The Kier molecular flexibility index (Phi) is 4.05. The second-order valence-electron chi connectivity index (χ2n) is 4.40. The average molecular weight is 241 g/mol. The number of aryl methyl sites for hydroxylation is 2. The van der Waals surface area contributed by atoms with Gasteiger partial charge in [0.05, 0.1) is 5.69 Å². The summed E-state index contributed by atoms with van der Waals surface area (Å²) in [6.07, 6.45) is 2.95. The molecule has 94 valence electrons. The van der Waals surface area contributed by atoms with Crippen LogP contribution in [0, 0.1) is 6.92 Å². The average Bonchev–Trinajstić information content (AvgIpc) is 2.42. The molecule has 1 heterocycles. The lowest BCUT2D eigenvalue weighted by atomic mass is 10.1. The minimum Gasteiger partial charge on any atom is -0.314 e. The molecule has 0 unspecified atom stereocenters. The standard InChI is InChI=1S/C15H19N3/c1-4-12-5-7-13(8-6-12)15-17-9-11(2)14(18-15)10-16-3/h5-9,16H,4,10H2,1-3H3. The third kappa shape index (κ3) is 2.74. The molecule has 0 amide bonds. The van der Waals surface area contributed by atoms with Crippen LogP contribution < -0.4 is 5.32 Å². The van der Waals surface area contributed by atoms with Gasteiger partial charge >= 0.3 is 0 Å². The highest BCUT2D eigenvalue weighted by molar-refractivity contribution is 5.55. The SMILES string of the molecule is CCc1ccc(-c2ncc(C)c(CNC)n2)cc1. The summed E-state index contributed by atoms with van der Waals surface area (Å²) in [5.41, 5.74) is 4.59. The van der Waals surface area contributed by atoms with Crippen LogP contribution in [-0.4, -0.2) is 17.0 Å². The van der Waals surface area contributed by atoms with Crippen LogP contribution in [0.15, 0.2) is 30.5 Å². The Balaban J connectivity index is 2.34. The molecule has 2 aromatic rings. The number of nitrogens with one attached hydrogen (secondary N) is 1. The lowest BCUT2D eigenvalue weighted by Gasteiger charge is -2.07. The van der Waals surface area contributed by atoms with Crippen molar-refractivity contribution in [3.8, 4) is 11.4 Å². The summed E-state index contributed by atoms with van der Waals surface area (Å²) in [7, 11) is 1.93. The molecule has 0 aliphatic heterocycles. The predicted octanol–water partition coefficient (Wildman–Crippen LogP) is 2.73. The van der Waals surface area contributed by atoms with Crippen LogP contribution in [0.4, 0.5) is 0 Å². The van der Waals surface area contributed by atoms with Gasteiger partial charge in [0.15, 0.2) is 5.82 Å². The predicted molar refractivity (Wildman–Crippen MR) is 74.3 cm³/mol. The summed E-state index contributed by atoms with van der Waals surface area (Å²) < 4.78 is 0. The van der Waals surface area contributed by atoms with E-state index in [1.54, 1.807) is 0 Å². The second-order valence-corrected chi connectivity index (χ2v) is 4.40. The molecule has 0 bridgehead atoms. The van der Waals surface area contributed by atoms with E-state index in [1.807, 2.05) is 20.2 Å². The summed E-state index contributed by atoms with van der Waals surface area (Å²) >= 11 is 0. The van der Waals surface area contributed by atoms with Gasteiger partial charge in [-0.1, -0.05) is 31.2 Å². The van der Waals surface area contributed by atoms with Gasteiger partial charge in [-0.2, -0.15) is 0 Å². The molecule has 1 N–H and O–H groups in total. The van der Waals surface area contributed by atoms with Gasteiger partial charge in [-0.05, 0) is 31.5 Å². The van der Waals surface area contributed by atoms with Crippen molar-refractivity contribution in [3.63, 3.8) is 0 Å². The van der Waals surface area contributed by atoms with Crippen molar-refractivity contribution < 1.29 is 0 Å². The Morgan fingerprint density at radius 1 is 1.17 bits per heavy atom. The lowest BCUT2D eigenvalue weighted by Crippen LogP contribution is -2.09. The van der Waals surface area contributed by atoms with Gasteiger partial charge in [0.1, 0.15) is 0 Å². The second kappa shape index (κ2) is 5.74. The number of hydrogen-bond acceptors (Lipinski definition) is 3. The van der Waals surface area contributed by atoms with E-state index in [1.165, 1.54) is 5.56 Å². The number of nitrogens with zero attached hydrogens (tertiary/aromatic N) is 2. The Morgan fingerprint density at radius 3 is 2.50 bits per heavy atom. The first-order valence-corrected chi connectivity index (χ1v) is 6.31. The van der Waals surface area contributed by atoms with E-state index in [4.69, 9.17) is 0 Å². The van der Waals surface area contributed by atoms with Crippen molar-refractivity contribution >= 4 is 0 Å². The Labute approximate surface area is 108 Å². The maximum Gasteiger partial charge on any atom is 0.159 e. The zero-order chi connectivity index (χ0) is 13.0. The molecular weight excluding hydrogens is 222 g/mol. The highest BCUT2D eigenvalue weighted by atomic mass is 14.9. The van der Waals surface area contributed by atoms with Crippen LogP contribution in [0.5, 0.6) is 0 Å². The normalized spacial score (nSPS) is 10.6. The quantitative estimate of drug-likeness (QED) is 0.894. The van der Waals surface area contributed by atoms with Gasteiger partial charge in [-0.25, -0.2) is 9.97 Å². The molecule has 0 aliphatic rings. The van der Waals surface area contributed by atoms with E-state index < -0.39 is 0 Å². The lowest BCUT2D eigenvalue weighted by molar-refractivity contribution is 0.779. The Morgan fingerprint density at radius 2 is 1.89 bits per heavy atom. The highest BCUT2D eigenvalue weighted by Crippen LogP contribution is 2.17. The van der Waals surface area contributed by atoms with Gasteiger partial charge in [0.2, 0.25) is 0 Å². The fourth-order valence-electron chi connectivity index (χ4n) is 1.85. The molecule has 1 aromatic carbocycles. The largest absolute Gasteiger partial charge is 0.314 e. The van der Waals surface area contributed by atoms with Crippen molar-refractivity contribution in [1.82, 2.24) is 15.3 Å². The van der Waals surface area contributed by atoms with Gasteiger partial charge in [0, 0.05) is 18.3 Å². The van der Waals surface area contributed by atoms with Crippen LogP contribution in [0.3, 0.4) is 0 Å². The smallest absolute Gasteiger partial charge is 0.159 e. The van der Waals surface area contributed by atoms with Crippen molar-refractivity contribution in [1.29, 1.82) is 0 Å². The zero-order valence-electron chi connectivity index (χ0n) is 11.2. The molecule has 0 saturated heterocycles. The molecule has 2 rings (SSSR count). The Bertz CT molecular complexity index is 518. The number of benzene rings is 1. The molecule has 0 saturated carbocycles. The highest BCUT2D eigenvalue weighted by Gasteiger charge is 2.05. The molecule has 3 heteroatoms. The van der Waals surface area contributed by atoms with Crippen molar-refractivity contribution in [2.75, 3.05) is 7.05 Å². The number of hydrogen-bond donors (Lipinski definition) is 1. The van der Waals surface area contributed by atoms with Crippen molar-refractivity contribution in [2.24, 2.45) is 0 Å². The maximum atomic E-state index is 4.61. The summed E-state index contributed by atoms with van der Waals surface area (Å²) in [4.78, 5) is 9.02. The minimum absolute atomic E-state index is 0.772. The van der Waals surface area contributed by atoms with E-state index >= 15 is 0 Å². The summed E-state index contributed by atoms with van der Waals surface area (Å²) in [5, 5.41) is 3.13. The van der Waals surface area contributed by atoms with Crippen LogP contribution in [0.1, 0.15) is 23.7 Å². The molecular formula is C15H19N3. The van der Waals surface area contributed by atoms with E-state index in [0.717, 1.165) is 35.6 Å².